The van der Waals surface area contributed by atoms with E-state index in [-0.39, 0.29) is 11.9 Å². The molecule has 1 aliphatic heterocycles. The van der Waals surface area contributed by atoms with Gasteiger partial charge in [-0.1, -0.05) is 6.58 Å². The van der Waals surface area contributed by atoms with E-state index in [1.54, 1.807) is 0 Å². The SMILES string of the molecule is C=C1CCC[C@@H](C(N)=O)N1C. The van der Waals surface area contributed by atoms with Crippen molar-refractivity contribution in [1.29, 1.82) is 0 Å². The smallest absolute Gasteiger partial charge is 0.240 e. The minimum atomic E-state index is -0.242. The Morgan fingerprint density at radius 3 is 2.91 bits per heavy atom. The number of piperidine rings is 1. The number of hydrogen-bond donors (Lipinski definition) is 1. The summed E-state index contributed by atoms with van der Waals surface area (Å²) >= 11 is 0. The zero-order valence-corrected chi connectivity index (χ0v) is 6.84. The van der Waals surface area contributed by atoms with Crippen LogP contribution < -0.4 is 5.73 Å². The average molecular weight is 154 g/mol. The van der Waals surface area contributed by atoms with Crippen LogP contribution in [0.2, 0.25) is 0 Å². The highest BCUT2D eigenvalue weighted by atomic mass is 16.1. The maximum atomic E-state index is 10.8. The maximum absolute atomic E-state index is 10.8. The molecule has 0 aromatic rings. The van der Waals surface area contributed by atoms with Crippen LogP contribution in [0.4, 0.5) is 0 Å². The summed E-state index contributed by atoms with van der Waals surface area (Å²) in [5.74, 6) is -0.242. The number of primary amides is 1. The first kappa shape index (κ1) is 8.11. The van der Waals surface area contributed by atoms with E-state index in [9.17, 15) is 4.79 Å². The molecule has 0 bridgehead atoms. The Hall–Kier alpha value is -0.990. The third-order valence-corrected chi connectivity index (χ3v) is 2.24. The fourth-order valence-corrected chi connectivity index (χ4v) is 1.42. The van der Waals surface area contributed by atoms with Gasteiger partial charge in [-0.2, -0.15) is 0 Å². The lowest BCUT2D eigenvalue weighted by Gasteiger charge is -2.33. The van der Waals surface area contributed by atoms with Crippen molar-refractivity contribution >= 4 is 5.91 Å². The molecule has 62 valence electrons. The molecule has 1 atom stereocenters. The highest BCUT2D eigenvalue weighted by Gasteiger charge is 2.24. The Morgan fingerprint density at radius 1 is 1.82 bits per heavy atom. The fourth-order valence-electron chi connectivity index (χ4n) is 1.42. The molecule has 0 aromatic heterocycles. The van der Waals surface area contributed by atoms with Gasteiger partial charge >= 0.3 is 0 Å². The van der Waals surface area contributed by atoms with Crippen LogP contribution in [0.25, 0.3) is 0 Å². The fraction of sp³-hybridized carbons (Fsp3) is 0.625. The van der Waals surface area contributed by atoms with Crippen molar-refractivity contribution in [2.24, 2.45) is 5.73 Å². The number of rotatable bonds is 1. The molecule has 1 rings (SSSR count). The van der Waals surface area contributed by atoms with E-state index in [2.05, 4.69) is 6.58 Å². The topological polar surface area (TPSA) is 46.3 Å². The number of likely N-dealkylation sites (N-methyl/N-ethyl adjacent to an activating group) is 1. The van der Waals surface area contributed by atoms with Crippen LogP contribution in [0.5, 0.6) is 0 Å². The zero-order chi connectivity index (χ0) is 8.43. The molecule has 11 heavy (non-hydrogen) atoms. The van der Waals surface area contributed by atoms with Crippen LogP contribution in [0.15, 0.2) is 12.3 Å². The Labute approximate surface area is 66.9 Å². The molecule has 1 fully saturated rings. The quantitative estimate of drug-likeness (QED) is 0.596. The van der Waals surface area contributed by atoms with Crippen molar-refractivity contribution in [2.75, 3.05) is 7.05 Å². The predicted octanol–water partition coefficient (Wildman–Crippen LogP) is 0.470. The van der Waals surface area contributed by atoms with Gasteiger partial charge in [0.1, 0.15) is 6.04 Å². The van der Waals surface area contributed by atoms with Crippen LogP contribution in [-0.2, 0) is 4.79 Å². The van der Waals surface area contributed by atoms with E-state index in [1.165, 1.54) is 0 Å². The largest absolute Gasteiger partial charge is 0.368 e. The van der Waals surface area contributed by atoms with E-state index >= 15 is 0 Å². The number of nitrogens with zero attached hydrogens (tertiary/aromatic N) is 1. The molecule has 0 radical (unpaired) electrons. The van der Waals surface area contributed by atoms with Gasteiger partial charge in [0, 0.05) is 12.7 Å². The molecule has 1 aliphatic rings. The highest BCUT2D eigenvalue weighted by Crippen LogP contribution is 2.22. The van der Waals surface area contributed by atoms with E-state index < -0.39 is 0 Å². The van der Waals surface area contributed by atoms with Gasteiger partial charge in [-0.25, -0.2) is 0 Å². The van der Waals surface area contributed by atoms with Crippen LogP contribution in [0, 0.1) is 0 Å². The molecule has 3 nitrogen and oxygen atoms in total. The van der Waals surface area contributed by atoms with Gasteiger partial charge in [0.25, 0.3) is 0 Å². The monoisotopic (exact) mass is 154 g/mol. The number of likely N-dealkylation sites (tertiary alicyclic amines) is 1. The van der Waals surface area contributed by atoms with Crippen molar-refractivity contribution in [3.63, 3.8) is 0 Å². The summed E-state index contributed by atoms with van der Waals surface area (Å²) in [5, 5.41) is 0. The first-order valence-corrected chi connectivity index (χ1v) is 3.83. The standard InChI is InChI=1S/C8H14N2O/c1-6-4-3-5-7(8(9)11)10(6)2/h7H,1,3-5H2,2H3,(H2,9,11)/t7-/m0/s1. The van der Waals surface area contributed by atoms with Gasteiger partial charge in [-0.15, -0.1) is 0 Å². The molecule has 0 saturated carbocycles. The summed E-state index contributed by atoms with van der Waals surface area (Å²) in [4.78, 5) is 12.7. The van der Waals surface area contributed by atoms with Crippen molar-refractivity contribution in [2.45, 2.75) is 25.3 Å². The molecular weight excluding hydrogens is 140 g/mol. The van der Waals surface area contributed by atoms with E-state index in [4.69, 9.17) is 5.73 Å². The summed E-state index contributed by atoms with van der Waals surface area (Å²) in [5.41, 5.74) is 6.21. The van der Waals surface area contributed by atoms with E-state index in [0.29, 0.717) is 0 Å². The first-order chi connectivity index (χ1) is 5.13. The minimum Gasteiger partial charge on any atom is -0.368 e. The average Bonchev–Trinajstić information content (AvgIpc) is 1.94. The van der Waals surface area contributed by atoms with Gasteiger partial charge < -0.3 is 10.6 Å². The third-order valence-electron chi connectivity index (χ3n) is 2.24. The lowest BCUT2D eigenvalue weighted by molar-refractivity contribution is -0.122. The van der Waals surface area contributed by atoms with Gasteiger partial charge in [-0.05, 0) is 19.3 Å². The molecule has 1 saturated heterocycles. The minimum absolute atomic E-state index is 0.128. The van der Waals surface area contributed by atoms with Gasteiger partial charge in [0.2, 0.25) is 5.91 Å². The van der Waals surface area contributed by atoms with Crippen molar-refractivity contribution < 1.29 is 4.79 Å². The van der Waals surface area contributed by atoms with Crippen molar-refractivity contribution in [3.05, 3.63) is 12.3 Å². The third kappa shape index (κ3) is 1.53. The predicted molar refractivity (Wildman–Crippen MR) is 43.7 cm³/mol. The van der Waals surface area contributed by atoms with E-state index in [0.717, 1.165) is 25.0 Å². The second-order valence-corrected chi connectivity index (χ2v) is 2.99. The molecule has 0 aromatic carbocycles. The molecule has 2 N–H and O–H groups in total. The second kappa shape index (κ2) is 2.95. The number of hydrogen-bond acceptors (Lipinski definition) is 2. The molecule has 0 spiro atoms. The second-order valence-electron chi connectivity index (χ2n) is 2.99. The summed E-state index contributed by atoms with van der Waals surface area (Å²) < 4.78 is 0. The number of allylic oxidation sites excluding steroid dienone is 1. The Kier molecular flexibility index (Phi) is 2.17. The molecule has 1 heterocycles. The first-order valence-electron chi connectivity index (χ1n) is 3.83. The summed E-state index contributed by atoms with van der Waals surface area (Å²) in [6, 6.07) is -0.128. The van der Waals surface area contributed by atoms with Gasteiger partial charge in [0.15, 0.2) is 0 Å². The van der Waals surface area contributed by atoms with Crippen LogP contribution in [0.1, 0.15) is 19.3 Å². The molecule has 0 aliphatic carbocycles. The summed E-state index contributed by atoms with van der Waals surface area (Å²) in [6.07, 6.45) is 2.88. The summed E-state index contributed by atoms with van der Waals surface area (Å²) in [7, 11) is 1.87. The Morgan fingerprint density at radius 2 is 2.45 bits per heavy atom. The van der Waals surface area contributed by atoms with Gasteiger partial charge in [0.05, 0.1) is 0 Å². The van der Waals surface area contributed by atoms with E-state index in [1.807, 2.05) is 11.9 Å². The van der Waals surface area contributed by atoms with Crippen molar-refractivity contribution in [1.82, 2.24) is 4.90 Å². The van der Waals surface area contributed by atoms with Crippen LogP contribution in [0.3, 0.4) is 0 Å². The molecule has 0 unspecified atom stereocenters. The van der Waals surface area contributed by atoms with Crippen molar-refractivity contribution in [3.8, 4) is 0 Å². The number of nitrogens with two attached hydrogens (primary N) is 1. The summed E-state index contributed by atoms with van der Waals surface area (Å²) in [6.45, 7) is 3.85. The number of carbonyl (C=O) groups is 1. The number of amides is 1. The maximum Gasteiger partial charge on any atom is 0.240 e. The Bertz CT molecular complexity index is 189. The number of carbonyl (C=O) groups excluding carboxylic acids is 1. The Balaban J connectivity index is 2.65. The molecular formula is C8H14N2O. The zero-order valence-electron chi connectivity index (χ0n) is 6.84. The van der Waals surface area contributed by atoms with Crippen LogP contribution in [-0.4, -0.2) is 23.9 Å². The van der Waals surface area contributed by atoms with Crippen LogP contribution >= 0.6 is 0 Å². The molecule has 1 amide bonds. The lowest BCUT2D eigenvalue weighted by atomic mass is 10.0. The lowest BCUT2D eigenvalue weighted by Crippen LogP contribution is -2.43. The molecule has 3 heteroatoms. The highest BCUT2D eigenvalue weighted by molar-refractivity contribution is 5.80. The van der Waals surface area contributed by atoms with Gasteiger partial charge in [-0.3, -0.25) is 4.79 Å². The normalized spacial score (nSPS) is 25.4.